The monoisotopic (exact) mass is 390 g/mol. The van der Waals surface area contributed by atoms with Crippen molar-refractivity contribution in [2.45, 2.75) is 31.2 Å². The molecule has 1 atom stereocenters. The van der Waals surface area contributed by atoms with E-state index in [1.54, 1.807) is 24.3 Å². The second kappa shape index (κ2) is 9.74. The van der Waals surface area contributed by atoms with Crippen molar-refractivity contribution in [3.63, 3.8) is 0 Å². The first-order valence-corrected chi connectivity index (χ1v) is 9.58. The van der Waals surface area contributed by atoms with E-state index in [2.05, 4.69) is 15.4 Å². The van der Waals surface area contributed by atoms with Crippen LogP contribution in [0.15, 0.2) is 24.3 Å². The van der Waals surface area contributed by atoms with Gasteiger partial charge in [0.25, 0.3) is 0 Å². The van der Waals surface area contributed by atoms with Crippen LogP contribution in [0.25, 0.3) is 0 Å². The first-order chi connectivity index (χ1) is 11.4. The molecule has 9 heteroatoms. The molecule has 1 aliphatic rings. The molecule has 140 valence electrons. The zero-order valence-corrected chi connectivity index (χ0v) is 15.6. The second-order valence-corrected chi connectivity index (χ2v) is 7.86. The first-order valence-electron chi connectivity index (χ1n) is 7.76. The number of ether oxygens (including phenoxy) is 1. The maximum Gasteiger partial charge on any atom is 0.320 e. The highest BCUT2D eigenvalue weighted by Gasteiger charge is 2.21. The van der Waals surface area contributed by atoms with Crippen LogP contribution < -0.4 is 10.6 Å². The summed E-state index contributed by atoms with van der Waals surface area (Å²) in [7, 11) is -2.39. The highest BCUT2D eigenvalue weighted by Crippen LogP contribution is 2.10. The summed E-state index contributed by atoms with van der Waals surface area (Å²) in [5, 5.41) is 5.99. The van der Waals surface area contributed by atoms with Crippen LogP contribution in [0.3, 0.4) is 0 Å². The number of carbonyl (C=O) groups is 2. The molecule has 0 aliphatic carbocycles. The van der Waals surface area contributed by atoms with E-state index in [4.69, 9.17) is 0 Å². The van der Waals surface area contributed by atoms with Gasteiger partial charge in [-0.25, -0.2) is 8.42 Å². The quantitative estimate of drug-likeness (QED) is 0.660. The number of esters is 1. The normalized spacial score (nSPS) is 16.8. The minimum atomic E-state index is -3.55. The lowest BCUT2D eigenvalue weighted by molar-refractivity contribution is -0.137. The van der Waals surface area contributed by atoms with Gasteiger partial charge in [-0.3, -0.25) is 9.59 Å². The molecule has 1 fully saturated rings. The molecule has 1 unspecified atom stereocenters. The molecule has 7 nitrogen and oxygen atoms in total. The average Bonchev–Trinajstić information content (AvgIpc) is 3.07. The third-order valence-electron chi connectivity index (χ3n) is 3.82. The third-order valence-corrected chi connectivity index (χ3v) is 5.27. The molecule has 2 rings (SSSR count). The minimum absolute atomic E-state index is 0. The van der Waals surface area contributed by atoms with Gasteiger partial charge in [-0.2, -0.15) is 0 Å². The minimum Gasteiger partial charge on any atom is -0.468 e. The predicted octanol–water partition coefficient (Wildman–Crippen LogP) is 0.564. The van der Waals surface area contributed by atoms with Gasteiger partial charge in [0.15, 0.2) is 9.84 Å². The Hall–Kier alpha value is -1.64. The summed E-state index contributed by atoms with van der Waals surface area (Å²) < 4.78 is 28.1. The molecule has 0 bridgehead atoms. The van der Waals surface area contributed by atoms with E-state index in [1.165, 1.54) is 0 Å². The maximum atomic E-state index is 11.9. The van der Waals surface area contributed by atoms with Crippen LogP contribution in [0.1, 0.15) is 24.0 Å². The molecule has 0 aromatic heterocycles. The van der Waals surface area contributed by atoms with Crippen molar-refractivity contribution in [2.75, 3.05) is 19.4 Å². The summed E-state index contributed by atoms with van der Waals surface area (Å²) in [4.78, 5) is 23.0. The first kappa shape index (κ1) is 21.4. The molecule has 0 spiro atoms. The zero-order valence-electron chi connectivity index (χ0n) is 14.0. The summed E-state index contributed by atoms with van der Waals surface area (Å²) in [5.41, 5.74) is 1.47. The Kier molecular flexibility index (Phi) is 8.34. The summed E-state index contributed by atoms with van der Waals surface area (Å²) in [5.74, 6) is -1.64. The number of halogens is 1. The van der Waals surface area contributed by atoms with Crippen LogP contribution >= 0.6 is 12.4 Å². The largest absolute Gasteiger partial charge is 0.468 e. The van der Waals surface area contributed by atoms with Crippen molar-refractivity contribution < 1.29 is 22.7 Å². The Morgan fingerprint density at radius 3 is 2.44 bits per heavy atom. The molecule has 0 saturated carbocycles. The van der Waals surface area contributed by atoms with Crippen LogP contribution in [0.4, 0.5) is 0 Å². The Morgan fingerprint density at radius 1 is 1.24 bits per heavy atom. The number of rotatable bonds is 7. The van der Waals surface area contributed by atoms with E-state index in [-0.39, 0.29) is 30.1 Å². The molecule has 0 radical (unpaired) electrons. The van der Waals surface area contributed by atoms with Gasteiger partial charge in [0, 0.05) is 6.54 Å². The van der Waals surface area contributed by atoms with Crippen molar-refractivity contribution in [1.82, 2.24) is 10.6 Å². The lowest BCUT2D eigenvalue weighted by Gasteiger charge is -2.11. The summed E-state index contributed by atoms with van der Waals surface area (Å²) in [6.45, 7) is 1.26. The van der Waals surface area contributed by atoms with E-state index in [0.717, 1.165) is 32.1 Å². The highest BCUT2D eigenvalue weighted by atomic mass is 35.5. The van der Waals surface area contributed by atoms with Crippen LogP contribution in [0, 0.1) is 0 Å². The zero-order chi connectivity index (χ0) is 17.6. The highest BCUT2D eigenvalue weighted by molar-refractivity contribution is 7.91. The molecule has 1 aromatic rings. The van der Waals surface area contributed by atoms with Crippen LogP contribution in [-0.4, -0.2) is 45.7 Å². The molecule has 1 saturated heterocycles. The van der Waals surface area contributed by atoms with Gasteiger partial charge in [0.05, 0.1) is 18.9 Å². The van der Waals surface area contributed by atoms with Gasteiger partial charge in [-0.05, 0) is 30.5 Å². The number of hydrogen-bond acceptors (Lipinski definition) is 6. The Bertz CT molecular complexity index is 685. The Balaban J connectivity index is 0.00000312. The van der Waals surface area contributed by atoms with E-state index in [0.29, 0.717) is 12.1 Å². The number of benzene rings is 1. The lowest BCUT2D eigenvalue weighted by atomic mass is 10.1. The predicted molar refractivity (Wildman–Crippen MR) is 96.1 cm³/mol. The maximum absolute atomic E-state index is 11.9. The van der Waals surface area contributed by atoms with Crippen molar-refractivity contribution in [3.8, 4) is 0 Å². The molecule has 1 amide bonds. The van der Waals surface area contributed by atoms with E-state index in [1.807, 2.05) is 0 Å². The van der Waals surface area contributed by atoms with Crippen LogP contribution in [-0.2, 0) is 36.5 Å². The number of amides is 1. The standard InChI is InChI=1S/C16H22N2O5S.ClH/c1-23-15(19)11-24(21,22)10-13-6-4-12(5-7-13)9-18-16(20)14-3-2-8-17-14;/h4-7,14,17H,2-3,8-11H2,1H3,(H,18,20);1H. The van der Waals surface area contributed by atoms with E-state index in [9.17, 15) is 18.0 Å². The van der Waals surface area contributed by atoms with Gasteiger partial charge < -0.3 is 15.4 Å². The third kappa shape index (κ3) is 7.01. The van der Waals surface area contributed by atoms with Gasteiger partial charge in [0.1, 0.15) is 5.75 Å². The SMILES string of the molecule is COC(=O)CS(=O)(=O)Cc1ccc(CNC(=O)C2CCCN2)cc1.Cl. The molecular weight excluding hydrogens is 368 g/mol. The summed E-state index contributed by atoms with van der Waals surface area (Å²) in [6, 6.07) is 6.79. The Labute approximate surface area is 153 Å². The van der Waals surface area contributed by atoms with Crippen molar-refractivity contribution >= 4 is 34.1 Å². The fourth-order valence-corrected chi connectivity index (χ4v) is 3.80. The number of carbonyl (C=O) groups excluding carboxylic acids is 2. The molecule has 25 heavy (non-hydrogen) atoms. The smallest absolute Gasteiger partial charge is 0.320 e. The van der Waals surface area contributed by atoms with Gasteiger partial charge in [-0.1, -0.05) is 24.3 Å². The lowest BCUT2D eigenvalue weighted by Crippen LogP contribution is -2.39. The second-order valence-electron chi connectivity index (χ2n) is 5.79. The van der Waals surface area contributed by atoms with Crippen molar-refractivity contribution in [2.24, 2.45) is 0 Å². The number of methoxy groups -OCH3 is 1. The number of sulfone groups is 1. The van der Waals surface area contributed by atoms with Crippen LogP contribution in [0.5, 0.6) is 0 Å². The van der Waals surface area contributed by atoms with Crippen LogP contribution in [0.2, 0.25) is 0 Å². The van der Waals surface area contributed by atoms with Gasteiger partial charge in [0.2, 0.25) is 5.91 Å². The molecule has 1 aliphatic heterocycles. The van der Waals surface area contributed by atoms with Crippen molar-refractivity contribution in [3.05, 3.63) is 35.4 Å². The van der Waals surface area contributed by atoms with Crippen molar-refractivity contribution in [1.29, 1.82) is 0 Å². The average molecular weight is 391 g/mol. The Morgan fingerprint density at radius 2 is 1.88 bits per heavy atom. The topological polar surface area (TPSA) is 102 Å². The summed E-state index contributed by atoms with van der Waals surface area (Å²) >= 11 is 0. The molecular formula is C16H23ClN2O5S. The fraction of sp³-hybridized carbons (Fsp3) is 0.500. The molecule has 2 N–H and O–H groups in total. The summed E-state index contributed by atoms with van der Waals surface area (Å²) in [6.07, 6.45) is 1.86. The number of nitrogens with one attached hydrogen (secondary N) is 2. The van der Waals surface area contributed by atoms with E-state index >= 15 is 0 Å². The molecule has 1 heterocycles. The number of hydrogen-bond donors (Lipinski definition) is 2. The van der Waals surface area contributed by atoms with Gasteiger partial charge >= 0.3 is 5.97 Å². The fourth-order valence-electron chi connectivity index (χ4n) is 2.52. The van der Waals surface area contributed by atoms with Gasteiger partial charge in [-0.15, -0.1) is 12.4 Å². The van der Waals surface area contributed by atoms with E-state index < -0.39 is 21.6 Å². The molecule has 1 aromatic carbocycles.